The van der Waals surface area contributed by atoms with Gasteiger partial charge in [-0.25, -0.2) is 4.79 Å². The van der Waals surface area contributed by atoms with E-state index < -0.39 is 5.97 Å². The first-order valence-electron chi connectivity index (χ1n) is 4.70. The molecule has 1 aliphatic carbocycles. The van der Waals surface area contributed by atoms with Crippen molar-refractivity contribution in [3.8, 4) is 0 Å². The van der Waals surface area contributed by atoms with Crippen molar-refractivity contribution in [1.82, 2.24) is 0 Å². The summed E-state index contributed by atoms with van der Waals surface area (Å²) in [5.41, 5.74) is 1.85. The molecule has 0 saturated heterocycles. The van der Waals surface area contributed by atoms with Crippen LogP contribution in [0, 0.1) is 0 Å². The number of rotatable bonds is 2. The van der Waals surface area contributed by atoms with Gasteiger partial charge in [0.25, 0.3) is 0 Å². The second-order valence-electron chi connectivity index (χ2n) is 3.30. The molecule has 2 heteroatoms. The van der Waals surface area contributed by atoms with E-state index in [4.69, 9.17) is 5.11 Å². The Kier molecular flexibility index (Phi) is 3.32. The maximum absolute atomic E-state index is 10.8. The van der Waals surface area contributed by atoms with Crippen molar-refractivity contribution < 1.29 is 9.90 Å². The van der Waals surface area contributed by atoms with Crippen molar-refractivity contribution in [2.24, 2.45) is 0 Å². The molecule has 0 aromatic heterocycles. The van der Waals surface area contributed by atoms with Crippen molar-refractivity contribution in [1.29, 1.82) is 0 Å². The van der Waals surface area contributed by atoms with E-state index in [0.717, 1.165) is 12.8 Å². The Morgan fingerprint density at radius 2 is 1.92 bits per heavy atom. The van der Waals surface area contributed by atoms with Crippen LogP contribution in [0.15, 0.2) is 11.1 Å². The fourth-order valence-corrected chi connectivity index (χ4v) is 1.83. The Labute approximate surface area is 73.3 Å². The average Bonchev–Trinajstić information content (AvgIpc) is 2.07. The lowest BCUT2D eigenvalue weighted by Crippen LogP contribution is -2.06. The van der Waals surface area contributed by atoms with E-state index >= 15 is 0 Å². The van der Waals surface area contributed by atoms with Crippen LogP contribution >= 0.6 is 0 Å². The molecule has 12 heavy (non-hydrogen) atoms. The summed E-state index contributed by atoms with van der Waals surface area (Å²) >= 11 is 0. The normalized spacial score (nSPS) is 17.6. The molecule has 0 heterocycles. The summed E-state index contributed by atoms with van der Waals surface area (Å²) in [6.45, 7) is 1.92. The third-order valence-corrected chi connectivity index (χ3v) is 2.50. The minimum Gasteiger partial charge on any atom is -0.478 e. The van der Waals surface area contributed by atoms with Crippen LogP contribution in [0.25, 0.3) is 0 Å². The molecule has 0 amide bonds. The van der Waals surface area contributed by atoms with Gasteiger partial charge in [-0.3, -0.25) is 0 Å². The minimum absolute atomic E-state index is 0.662. The van der Waals surface area contributed by atoms with Gasteiger partial charge in [-0.15, -0.1) is 0 Å². The van der Waals surface area contributed by atoms with E-state index in [-0.39, 0.29) is 0 Å². The molecule has 2 nitrogen and oxygen atoms in total. The fraction of sp³-hybridized carbons (Fsp3) is 0.700. The number of aliphatic carboxylic acids is 1. The van der Waals surface area contributed by atoms with Crippen LogP contribution in [0.4, 0.5) is 0 Å². The molecule has 1 aliphatic rings. The second-order valence-corrected chi connectivity index (χ2v) is 3.30. The lowest BCUT2D eigenvalue weighted by Gasteiger charge is -2.16. The molecule has 0 atom stereocenters. The van der Waals surface area contributed by atoms with Gasteiger partial charge in [0.1, 0.15) is 0 Å². The standard InChI is InChI=1S/C10H16O2/c1-2-9(10(11)12)8-6-4-3-5-7-8/h2-7H2,1H3,(H,11,12). The summed E-state index contributed by atoms with van der Waals surface area (Å²) in [7, 11) is 0. The summed E-state index contributed by atoms with van der Waals surface area (Å²) in [4.78, 5) is 10.8. The first-order chi connectivity index (χ1) is 5.75. The largest absolute Gasteiger partial charge is 0.478 e. The van der Waals surface area contributed by atoms with Gasteiger partial charge < -0.3 is 5.11 Å². The Balaban J connectivity index is 2.75. The highest BCUT2D eigenvalue weighted by atomic mass is 16.4. The highest BCUT2D eigenvalue weighted by molar-refractivity contribution is 5.87. The van der Waals surface area contributed by atoms with Gasteiger partial charge in [0.05, 0.1) is 0 Å². The average molecular weight is 168 g/mol. The zero-order chi connectivity index (χ0) is 8.97. The lowest BCUT2D eigenvalue weighted by atomic mass is 9.90. The van der Waals surface area contributed by atoms with Crippen molar-refractivity contribution >= 4 is 5.97 Å². The molecule has 0 bridgehead atoms. The Morgan fingerprint density at radius 3 is 2.33 bits per heavy atom. The van der Waals surface area contributed by atoms with Crippen molar-refractivity contribution in [2.45, 2.75) is 45.4 Å². The van der Waals surface area contributed by atoms with E-state index in [9.17, 15) is 4.79 Å². The van der Waals surface area contributed by atoms with E-state index in [0.29, 0.717) is 12.0 Å². The number of allylic oxidation sites excluding steroid dienone is 1. The summed E-state index contributed by atoms with van der Waals surface area (Å²) in [5.74, 6) is -0.714. The molecule has 1 N–H and O–H groups in total. The van der Waals surface area contributed by atoms with Crippen molar-refractivity contribution in [3.05, 3.63) is 11.1 Å². The molecule has 1 saturated carbocycles. The first kappa shape index (κ1) is 9.30. The summed E-state index contributed by atoms with van der Waals surface area (Å²) < 4.78 is 0. The number of hydrogen-bond donors (Lipinski definition) is 1. The molecule has 0 unspecified atom stereocenters. The maximum atomic E-state index is 10.8. The van der Waals surface area contributed by atoms with Crippen LogP contribution in [0.2, 0.25) is 0 Å². The van der Waals surface area contributed by atoms with Gasteiger partial charge in [-0.05, 0) is 32.1 Å². The Hall–Kier alpha value is -0.790. The highest BCUT2D eigenvalue weighted by Gasteiger charge is 2.14. The number of carbonyl (C=O) groups is 1. The molecular formula is C10H16O2. The maximum Gasteiger partial charge on any atom is 0.331 e. The monoisotopic (exact) mass is 168 g/mol. The van der Waals surface area contributed by atoms with E-state index in [1.165, 1.54) is 24.8 Å². The van der Waals surface area contributed by atoms with Crippen LogP contribution in [-0.2, 0) is 4.79 Å². The number of carboxylic acids is 1. The molecule has 0 aromatic carbocycles. The number of carboxylic acid groups (broad SMARTS) is 1. The zero-order valence-electron chi connectivity index (χ0n) is 7.60. The first-order valence-corrected chi connectivity index (χ1v) is 4.70. The molecular weight excluding hydrogens is 152 g/mol. The molecule has 0 aliphatic heterocycles. The number of hydrogen-bond acceptors (Lipinski definition) is 1. The second kappa shape index (κ2) is 4.29. The Bertz CT molecular complexity index is 196. The molecule has 0 radical (unpaired) electrons. The van der Waals surface area contributed by atoms with Crippen LogP contribution in [0.1, 0.15) is 45.4 Å². The predicted octanol–water partition coefficient (Wildman–Crippen LogP) is 2.74. The van der Waals surface area contributed by atoms with Crippen molar-refractivity contribution in [3.63, 3.8) is 0 Å². The van der Waals surface area contributed by atoms with E-state index in [1.54, 1.807) is 0 Å². The third kappa shape index (κ3) is 2.10. The van der Waals surface area contributed by atoms with Crippen LogP contribution in [-0.4, -0.2) is 11.1 Å². The van der Waals surface area contributed by atoms with E-state index in [1.807, 2.05) is 6.92 Å². The van der Waals surface area contributed by atoms with Crippen LogP contribution in [0.3, 0.4) is 0 Å². The van der Waals surface area contributed by atoms with E-state index in [2.05, 4.69) is 0 Å². The van der Waals surface area contributed by atoms with Gasteiger partial charge >= 0.3 is 5.97 Å². The summed E-state index contributed by atoms with van der Waals surface area (Å²) in [6, 6.07) is 0. The Morgan fingerprint density at radius 1 is 1.33 bits per heavy atom. The molecule has 68 valence electrons. The van der Waals surface area contributed by atoms with Gasteiger partial charge in [-0.1, -0.05) is 18.9 Å². The highest BCUT2D eigenvalue weighted by Crippen LogP contribution is 2.26. The van der Waals surface area contributed by atoms with Gasteiger partial charge in [0.2, 0.25) is 0 Å². The lowest BCUT2D eigenvalue weighted by molar-refractivity contribution is -0.132. The van der Waals surface area contributed by atoms with Crippen molar-refractivity contribution in [2.75, 3.05) is 0 Å². The third-order valence-electron chi connectivity index (χ3n) is 2.50. The summed E-state index contributed by atoms with van der Waals surface area (Å²) in [5, 5.41) is 8.87. The van der Waals surface area contributed by atoms with Gasteiger partial charge in [0, 0.05) is 5.57 Å². The molecule has 1 rings (SSSR count). The minimum atomic E-state index is -0.714. The molecule has 0 aromatic rings. The van der Waals surface area contributed by atoms with Crippen LogP contribution in [0.5, 0.6) is 0 Å². The quantitative estimate of drug-likeness (QED) is 0.644. The van der Waals surface area contributed by atoms with Gasteiger partial charge in [0.15, 0.2) is 0 Å². The smallest absolute Gasteiger partial charge is 0.331 e. The topological polar surface area (TPSA) is 37.3 Å². The zero-order valence-corrected chi connectivity index (χ0v) is 7.60. The fourth-order valence-electron chi connectivity index (χ4n) is 1.83. The van der Waals surface area contributed by atoms with Crippen LogP contribution < -0.4 is 0 Å². The SMILES string of the molecule is CCC(C(=O)O)=C1CCCCC1. The predicted molar refractivity (Wildman–Crippen MR) is 48.0 cm³/mol. The molecule has 0 spiro atoms. The summed E-state index contributed by atoms with van der Waals surface area (Å²) in [6.07, 6.45) is 6.30. The molecule has 1 fully saturated rings. The van der Waals surface area contributed by atoms with Gasteiger partial charge in [-0.2, -0.15) is 0 Å².